The zero-order valence-electron chi connectivity index (χ0n) is 14.6. The highest BCUT2D eigenvalue weighted by atomic mass is 79.9. The number of carbonyl (C=O) groups is 1. The molecule has 0 saturated carbocycles. The van der Waals surface area contributed by atoms with Crippen molar-refractivity contribution in [1.82, 2.24) is 30.0 Å². The molecular formula is C17H18BrN7O. The van der Waals surface area contributed by atoms with E-state index in [0.29, 0.717) is 11.8 Å². The minimum atomic E-state index is -0.393. The average molecular weight is 416 g/mol. The van der Waals surface area contributed by atoms with E-state index in [9.17, 15) is 4.79 Å². The van der Waals surface area contributed by atoms with Gasteiger partial charge in [0.1, 0.15) is 6.33 Å². The standard InChI is InChI=1S/C17H18BrN7O/c1-10-7-11(2)14(8-13(10)18)24-17(26)23-12(3)15-21-9-22-25(15)16-19-5-4-6-20-16/h4-9,12H,1-3H3,(H2,23,24,26). The summed E-state index contributed by atoms with van der Waals surface area (Å²) >= 11 is 3.48. The van der Waals surface area contributed by atoms with Gasteiger partial charge in [-0.15, -0.1) is 0 Å². The first-order valence-corrected chi connectivity index (χ1v) is 8.76. The molecule has 134 valence electrons. The Kier molecular flexibility index (Phi) is 5.27. The molecule has 0 aliphatic carbocycles. The number of halogens is 1. The van der Waals surface area contributed by atoms with Crippen LogP contribution in [0.4, 0.5) is 10.5 Å². The maximum absolute atomic E-state index is 12.4. The van der Waals surface area contributed by atoms with E-state index in [1.54, 1.807) is 18.5 Å². The Morgan fingerprint density at radius 2 is 1.88 bits per heavy atom. The van der Waals surface area contributed by atoms with Crippen LogP contribution in [0.25, 0.3) is 5.95 Å². The van der Waals surface area contributed by atoms with Crippen molar-refractivity contribution < 1.29 is 4.79 Å². The molecule has 0 bridgehead atoms. The highest BCUT2D eigenvalue weighted by Gasteiger charge is 2.18. The van der Waals surface area contributed by atoms with E-state index in [1.165, 1.54) is 11.0 Å². The first-order chi connectivity index (χ1) is 12.5. The molecule has 0 radical (unpaired) electrons. The van der Waals surface area contributed by atoms with Gasteiger partial charge in [-0.05, 0) is 44.0 Å². The van der Waals surface area contributed by atoms with Crippen LogP contribution in [0.2, 0.25) is 0 Å². The molecule has 26 heavy (non-hydrogen) atoms. The fourth-order valence-corrected chi connectivity index (χ4v) is 2.82. The van der Waals surface area contributed by atoms with Crippen LogP contribution < -0.4 is 10.6 Å². The molecule has 0 spiro atoms. The number of anilines is 1. The summed E-state index contributed by atoms with van der Waals surface area (Å²) in [5.74, 6) is 0.931. The van der Waals surface area contributed by atoms with E-state index >= 15 is 0 Å². The molecule has 8 nitrogen and oxygen atoms in total. The lowest BCUT2D eigenvalue weighted by atomic mass is 10.1. The van der Waals surface area contributed by atoms with Crippen molar-refractivity contribution in [2.75, 3.05) is 5.32 Å². The number of nitrogens with one attached hydrogen (secondary N) is 2. The number of aromatic nitrogens is 5. The minimum Gasteiger partial charge on any atom is -0.328 e. The molecule has 2 N–H and O–H groups in total. The number of benzene rings is 1. The summed E-state index contributed by atoms with van der Waals surface area (Å²) in [5, 5.41) is 9.86. The Morgan fingerprint density at radius 3 is 2.62 bits per heavy atom. The zero-order chi connectivity index (χ0) is 18.7. The van der Waals surface area contributed by atoms with Crippen LogP contribution in [0.1, 0.15) is 29.9 Å². The van der Waals surface area contributed by atoms with E-state index in [0.717, 1.165) is 21.3 Å². The second kappa shape index (κ2) is 7.61. The number of carbonyl (C=O) groups excluding carboxylic acids is 1. The summed E-state index contributed by atoms with van der Waals surface area (Å²) in [6.45, 7) is 5.77. The minimum absolute atomic E-state index is 0.333. The van der Waals surface area contributed by atoms with E-state index in [4.69, 9.17) is 0 Å². The molecule has 2 aromatic heterocycles. The smallest absolute Gasteiger partial charge is 0.319 e. The van der Waals surface area contributed by atoms with Gasteiger partial charge in [0.25, 0.3) is 5.95 Å². The topological polar surface area (TPSA) is 97.6 Å². The van der Waals surface area contributed by atoms with Gasteiger partial charge in [0.2, 0.25) is 0 Å². The average Bonchev–Trinajstić information content (AvgIpc) is 3.10. The van der Waals surface area contributed by atoms with Crippen molar-refractivity contribution >= 4 is 27.6 Å². The van der Waals surface area contributed by atoms with E-state index in [2.05, 4.69) is 46.6 Å². The third-order valence-electron chi connectivity index (χ3n) is 3.80. The van der Waals surface area contributed by atoms with Crippen molar-refractivity contribution in [3.05, 3.63) is 58.3 Å². The van der Waals surface area contributed by atoms with Crippen molar-refractivity contribution in [2.45, 2.75) is 26.8 Å². The number of urea groups is 1. The Bertz CT molecular complexity index is 926. The summed E-state index contributed by atoms with van der Waals surface area (Å²) in [6, 6.07) is 4.88. The summed E-state index contributed by atoms with van der Waals surface area (Å²) in [5.41, 5.74) is 2.83. The lowest BCUT2D eigenvalue weighted by Gasteiger charge is -2.16. The Hall–Kier alpha value is -2.81. The van der Waals surface area contributed by atoms with Crippen LogP contribution in [0.15, 0.2) is 41.4 Å². The van der Waals surface area contributed by atoms with Crippen molar-refractivity contribution in [1.29, 1.82) is 0 Å². The molecule has 0 aliphatic rings. The predicted molar refractivity (Wildman–Crippen MR) is 101 cm³/mol. The molecule has 2 heterocycles. The number of nitrogens with zero attached hydrogens (tertiary/aromatic N) is 5. The molecule has 1 atom stereocenters. The first-order valence-electron chi connectivity index (χ1n) is 7.97. The molecule has 0 saturated heterocycles. The van der Waals surface area contributed by atoms with Gasteiger partial charge in [-0.1, -0.05) is 22.0 Å². The molecule has 9 heteroatoms. The lowest BCUT2D eigenvalue weighted by Crippen LogP contribution is -2.33. The fourth-order valence-electron chi connectivity index (χ4n) is 2.48. The zero-order valence-corrected chi connectivity index (χ0v) is 16.1. The fraction of sp³-hybridized carbons (Fsp3) is 0.235. The summed E-state index contributed by atoms with van der Waals surface area (Å²) < 4.78 is 2.44. The van der Waals surface area contributed by atoms with Crippen LogP contribution in [0, 0.1) is 13.8 Å². The summed E-state index contributed by atoms with van der Waals surface area (Å²) in [4.78, 5) is 24.9. The third kappa shape index (κ3) is 3.88. The maximum Gasteiger partial charge on any atom is 0.319 e. The quantitative estimate of drug-likeness (QED) is 0.680. The third-order valence-corrected chi connectivity index (χ3v) is 4.66. The van der Waals surface area contributed by atoms with Crippen LogP contribution in [-0.2, 0) is 0 Å². The van der Waals surface area contributed by atoms with E-state index in [1.807, 2.05) is 32.9 Å². The van der Waals surface area contributed by atoms with E-state index in [-0.39, 0.29) is 6.03 Å². The lowest BCUT2D eigenvalue weighted by molar-refractivity contribution is 0.248. The highest BCUT2D eigenvalue weighted by Crippen LogP contribution is 2.25. The highest BCUT2D eigenvalue weighted by molar-refractivity contribution is 9.10. The number of hydrogen-bond acceptors (Lipinski definition) is 5. The first kappa shape index (κ1) is 18.0. The SMILES string of the molecule is Cc1cc(C)c(NC(=O)NC(C)c2ncnn2-c2ncccn2)cc1Br. The van der Waals surface area contributed by atoms with Gasteiger partial charge in [0.05, 0.1) is 6.04 Å². The second-order valence-electron chi connectivity index (χ2n) is 5.82. The van der Waals surface area contributed by atoms with Gasteiger partial charge in [0, 0.05) is 22.6 Å². The molecule has 3 aromatic rings. The molecule has 3 rings (SSSR count). The summed E-state index contributed by atoms with van der Waals surface area (Å²) in [7, 11) is 0. The second-order valence-corrected chi connectivity index (χ2v) is 6.67. The molecule has 2 amide bonds. The van der Waals surface area contributed by atoms with Crippen LogP contribution in [0.3, 0.4) is 0 Å². The van der Waals surface area contributed by atoms with Crippen molar-refractivity contribution in [2.24, 2.45) is 0 Å². The van der Waals surface area contributed by atoms with Gasteiger partial charge in [-0.25, -0.2) is 19.7 Å². The van der Waals surface area contributed by atoms with Gasteiger partial charge >= 0.3 is 6.03 Å². The van der Waals surface area contributed by atoms with Gasteiger partial charge in [-0.2, -0.15) is 9.78 Å². The number of amides is 2. The van der Waals surface area contributed by atoms with Crippen molar-refractivity contribution in [3.8, 4) is 5.95 Å². The molecule has 1 unspecified atom stereocenters. The molecule has 0 aliphatic heterocycles. The normalized spacial score (nSPS) is 11.8. The van der Waals surface area contributed by atoms with Gasteiger partial charge in [-0.3, -0.25) is 0 Å². The summed E-state index contributed by atoms with van der Waals surface area (Å²) in [6.07, 6.45) is 4.65. The van der Waals surface area contributed by atoms with Gasteiger partial charge in [0.15, 0.2) is 5.82 Å². The maximum atomic E-state index is 12.4. The number of rotatable bonds is 4. The van der Waals surface area contributed by atoms with Crippen LogP contribution in [0.5, 0.6) is 0 Å². The van der Waals surface area contributed by atoms with Crippen molar-refractivity contribution in [3.63, 3.8) is 0 Å². The van der Waals surface area contributed by atoms with E-state index < -0.39 is 6.04 Å². The Balaban J connectivity index is 1.73. The largest absolute Gasteiger partial charge is 0.328 e. The Labute approximate surface area is 159 Å². The van der Waals surface area contributed by atoms with Crippen LogP contribution in [-0.4, -0.2) is 30.8 Å². The van der Waals surface area contributed by atoms with Crippen LogP contribution >= 0.6 is 15.9 Å². The number of hydrogen-bond donors (Lipinski definition) is 2. The Morgan fingerprint density at radius 1 is 1.15 bits per heavy atom. The molecule has 1 aromatic carbocycles. The number of aryl methyl sites for hydroxylation is 2. The molecular weight excluding hydrogens is 398 g/mol. The predicted octanol–water partition coefficient (Wildman–Crippen LogP) is 3.32. The van der Waals surface area contributed by atoms with Gasteiger partial charge < -0.3 is 10.6 Å². The molecule has 0 fully saturated rings. The monoisotopic (exact) mass is 415 g/mol.